The van der Waals surface area contributed by atoms with Crippen LogP contribution >= 0.6 is 0 Å². The maximum Gasteiger partial charge on any atom is 0.303 e. The predicted octanol–water partition coefficient (Wildman–Crippen LogP) is 1.80. The van der Waals surface area contributed by atoms with Crippen molar-refractivity contribution in [1.29, 1.82) is 0 Å². The average Bonchev–Trinajstić information content (AvgIpc) is 2.89. The van der Waals surface area contributed by atoms with E-state index in [0.29, 0.717) is 12.8 Å². The molecule has 2 rings (SSSR count). The van der Waals surface area contributed by atoms with Gasteiger partial charge in [-0.2, -0.15) is 0 Å². The van der Waals surface area contributed by atoms with Crippen molar-refractivity contribution in [3.05, 3.63) is 0 Å². The molecule has 0 aliphatic carbocycles. The van der Waals surface area contributed by atoms with Crippen molar-refractivity contribution in [1.82, 2.24) is 4.90 Å². The second-order valence-corrected chi connectivity index (χ2v) is 5.51. The molecular formula is C14H23NO4. The fourth-order valence-corrected chi connectivity index (χ4v) is 3.04. The number of carbonyl (C=O) groups is 2. The summed E-state index contributed by atoms with van der Waals surface area (Å²) in [4.78, 5) is 24.9. The normalized spacial score (nSPS) is 27.5. The quantitative estimate of drug-likeness (QED) is 0.826. The molecule has 108 valence electrons. The summed E-state index contributed by atoms with van der Waals surface area (Å²) in [7, 11) is 0. The molecule has 5 heteroatoms. The second-order valence-electron chi connectivity index (χ2n) is 5.51. The van der Waals surface area contributed by atoms with Crippen molar-refractivity contribution < 1.29 is 19.4 Å². The molecule has 2 fully saturated rings. The van der Waals surface area contributed by atoms with E-state index in [9.17, 15) is 9.59 Å². The van der Waals surface area contributed by atoms with Crippen molar-refractivity contribution in [3.8, 4) is 0 Å². The first kappa shape index (κ1) is 14.3. The highest BCUT2D eigenvalue weighted by molar-refractivity contribution is 5.77. The lowest BCUT2D eigenvalue weighted by Crippen LogP contribution is -2.44. The second kappa shape index (κ2) is 6.89. The number of carboxylic acids is 1. The number of aliphatic carboxylic acids is 1. The van der Waals surface area contributed by atoms with E-state index in [2.05, 4.69) is 0 Å². The number of hydrogen-bond donors (Lipinski definition) is 1. The van der Waals surface area contributed by atoms with E-state index in [4.69, 9.17) is 9.84 Å². The van der Waals surface area contributed by atoms with Gasteiger partial charge in [0, 0.05) is 25.6 Å². The molecule has 0 bridgehead atoms. The average molecular weight is 269 g/mol. The van der Waals surface area contributed by atoms with Gasteiger partial charge in [-0.25, -0.2) is 0 Å². The first-order chi connectivity index (χ1) is 9.16. The molecule has 0 spiro atoms. The summed E-state index contributed by atoms with van der Waals surface area (Å²) in [6.45, 7) is 1.54. The summed E-state index contributed by atoms with van der Waals surface area (Å²) < 4.78 is 5.51. The first-order valence-corrected chi connectivity index (χ1v) is 7.29. The van der Waals surface area contributed by atoms with Crippen LogP contribution in [0.4, 0.5) is 0 Å². The highest BCUT2D eigenvalue weighted by Gasteiger charge is 2.29. The number of ether oxygens (including phenoxy) is 1. The van der Waals surface area contributed by atoms with Crippen molar-refractivity contribution in [2.24, 2.45) is 0 Å². The first-order valence-electron chi connectivity index (χ1n) is 7.29. The van der Waals surface area contributed by atoms with Crippen LogP contribution in [0.2, 0.25) is 0 Å². The lowest BCUT2D eigenvalue weighted by atomic mass is 9.97. The number of amides is 1. The minimum absolute atomic E-state index is 0.0783. The van der Waals surface area contributed by atoms with Gasteiger partial charge in [0.1, 0.15) is 0 Å². The Morgan fingerprint density at radius 3 is 2.74 bits per heavy atom. The molecule has 1 N–H and O–H groups in total. The van der Waals surface area contributed by atoms with Gasteiger partial charge in [-0.1, -0.05) is 0 Å². The Morgan fingerprint density at radius 2 is 2.05 bits per heavy atom. The van der Waals surface area contributed by atoms with E-state index in [0.717, 1.165) is 45.3 Å². The van der Waals surface area contributed by atoms with Crippen molar-refractivity contribution in [2.45, 2.75) is 63.5 Å². The Bertz CT molecular complexity index is 325. The SMILES string of the molecule is O=C(O)CC[C@@H]1CCCCN1C(=O)C[C@@H]1CCCO1. The van der Waals surface area contributed by atoms with Gasteiger partial charge in [0.25, 0.3) is 0 Å². The fourth-order valence-electron chi connectivity index (χ4n) is 3.04. The lowest BCUT2D eigenvalue weighted by Gasteiger charge is -2.36. The van der Waals surface area contributed by atoms with Gasteiger partial charge in [-0.3, -0.25) is 9.59 Å². The van der Waals surface area contributed by atoms with E-state index in [1.165, 1.54) is 0 Å². The largest absolute Gasteiger partial charge is 0.481 e. The van der Waals surface area contributed by atoms with Crippen LogP contribution < -0.4 is 0 Å². The standard InChI is InChI=1S/C14H23NO4/c16-13(10-12-5-3-9-19-12)15-8-2-1-4-11(15)6-7-14(17)18/h11-12H,1-10H2,(H,17,18)/t11-,12-/m0/s1. The summed E-state index contributed by atoms with van der Waals surface area (Å²) in [5, 5.41) is 8.78. The summed E-state index contributed by atoms with van der Waals surface area (Å²) in [5.74, 6) is -0.640. The Morgan fingerprint density at radius 1 is 1.21 bits per heavy atom. The lowest BCUT2D eigenvalue weighted by molar-refractivity contribution is -0.141. The van der Waals surface area contributed by atoms with Crippen LogP contribution in [0.3, 0.4) is 0 Å². The number of nitrogens with zero attached hydrogens (tertiary/aromatic N) is 1. The zero-order valence-electron chi connectivity index (χ0n) is 11.3. The van der Waals surface area contributed by atoms with E-state index < -0.39 is 5.97 Å². The molecule has 0 aromatic heterocycles. The van der Waals surface area contributed by atoms with E-state index in [1.54, 1.807) is 0 Å². The van der Waals surface area contributed by atoms with Gasteiger partial charge in [-0.05, 0) is 38.5 Å². The van der Waals surface area contributed by atoms with Gasteiger partial charge < -0.3 is 14.7 Å². The summed E-state index contributed by atoms with van der Waals surface area (Å²) >= 11 is 0. The number of hydrogen-bond acceptors (Lipinski definition) is 3. The monoisotopic (exact) mass is 269 g/mol. The third-order valence-electron chi connectivity index (χ3n) is 4.07. The molecule has 1 amide bonds. The molecule has 0 radical (unpaired) electrons. The maximum absolute atomic E-state index is 12.3. The summed E-state index contributed by atoms with van der Waals surface area (Å²) in [6.07, 6.45) is 6.33. The van der Waals surface area contributed by atoms with Crippen LogP contribution in [0.1, 0.15) is 51.4 Å². The molecule has 2 aliphatic heterocycles. The molecule has 0 unspecified atom stereocenters. The molecule has 2 atom stereocenters. The van der Waals surface area contributed by atoms with E-state index in [1.807, 2.05) is 4.90 Å². The highest BCUT2D eigenvalue weighted by Crippen LogP contribution is 2.24. The molecule has 0 aromatic carbocycles. The Kier molecular flexibility index (Phi) is 5.19. The van der Waals surface area contributed by atoms with Crippen LogP contribution in [0.15, 0.2) is 0 Å². The third kappa shape index (κ3) is 4.20. The van der Waals surface area contributed by atoms with Gasteiger partial charge in [-0.15, -0.1) is 0 Å². The molecule has 2 aliphatic rings. The van der Waals surface area contributed by atoms with E-state index in [-0.39, 0.29) is 24.5 Å². The fraction of sp³-hybridized carbons (Fsp3) is 0.857. The van der Waals surface area contributed by atoms with Gasteiger partial charge >= 0.3 is 5.97 Å². The number of rotatable bonds is 5. The zero-order chi connectivity index (χ0) is 13.7. The molecule has 19 heavy (non-hydrogen) atoms. The third-order valence-corrected chi connectivity index (χ3v) is 4.07. The van der Waals surface area contributed by atoms with Gasteiger partial charge in [0.05, 0.1) is 12.5 Å². The van der Waals surface area contributed by atoms with Gasteiger partial charge in [0.15, 0.2) is 0 Å². The minimum atomic E-state index is -0.780. The summed E-state index contributed by atoms with van der Waals surface area (Å²) in [6, 6.07) is 0.110. The van der Waals surface area contributed by atoms with Crippen LogP contribution in [0, 0.1) is 0 Å². The molecule has 0 aromatic rings. The molecule has 0 saturated carbocycles. The molecule has 5 nitrogen and oxygen atoms in total. The van der Waals surface area contributed by atoms with Crippen LogP contribution in [-0.4, -0.2) is 47.2 Å². The van der Waals surface area contributed by atoms with Crippen LogP contribution in [0.5, 0.6) is 0 Å². The number of carboxylic acid groups (broad SMARTS) is 1. The van der Waals surface area contributed by atoms with E-state index >= 15 is 0 Å². The topological polar surface area (TPSA) is 66.8 Å². The number of piperidine rings is 1. The number of carbonyl (C=O) groups excluding carboxylic acids is 1. The minimum Gasteiger partial charge on any atom is -0.481 e. The molecule has 2 heterocycles. The molecular weight excluding hydrogens is 246 g/mol. The maximum atomic E-state index is 12.3. The Labute approximate surface area is 113 Å². The highest BCUT2D eigenvalue weighted by atomic mass is 16.5. The van der Waals surface area contributed by atoms with Crippen molar-refractivity contribution >= 4 is 11.9 Å². The van der Waals surface area contributed by atoms with Crippen LogP contribution in [-0.2, 0) is 14.3 Å². The Balaban J connectivity index is 1.86. The van der Waals surface area contributed by atoms with Crippen molar-refractivity contribution in [3.63, 3.8) is 0 Å². The zero-order valence-corrected chi connectivity index (χ0v) is 11.3. The number of likely N-dealkylation sites (tertiary alicyclic amines) is 1. The smallest absolute Gasteiger partial charge is 0.303 e. The van der Waals surface area contributed by atoms with Crippen molar-refractivity contribution in [2.75, 3.05) is 13.2 Å². The molecule has 2 saturated heterocycles. The predicted molar refractivity (Wildman–Crippen MR) is 69.8 cm³/mol. The summed E-state index contributed by atoms with van der Waals surface area (Å²) in [5.41, 5.74) is 0. The Hall–Kier alpha value is -1.10. The van der Waals surface area contributed by atoms with Crippen LogP contribution in [0.25, 0.3) is 0 Å². The van der Waals surface area contributed by atoms with Gasteiger partial charge in [0.2, 0.25) is 5.91 Å².